The number of benzene rings is 1. The van der Waals surface area contributed by atoms with Crippen LogP contribution >= 0.6 is 0 Å². The van der Waals surface area contributed by atoms with Crippen molar-refractivity contribution in [1.29, 1.82) is 0 Å². The SMILES string of the molecule is COc1ccccc1[C@@H](CNC(=O)[C@H](C)n1cncn1)N1CCCC1. The molecule has 1 aliphatic rings. The number of hydrogen-bond donors (Lipinski definition) is 1. The highest BCUT2D eigenvalue weighted by atomic mass is 16.5. The minimum absolute atomic E-state index is 0.0652. The molecular weight excluding hydrogens is 318 g/mol. The summed E-state index contributed by atoms with van der Waals surface area (Å²) in [5, 5.41) is 7.11. The maximum Gasteiger partial charge on any atom is 0.244 e. The van der Waals surface area contributed by atoms with Crippen molar-refractivity contribution in [1.82, 2.24) is 25.0 Å². The van der Waals surface area contributed by atoms with E-state index in [0.717, 1.165) is 24.4 Å². The van der Waals surface area contributed by atoms with Crippen molar-refractivity contribution in [3.8, 4) is 5.75 Å². The van der Waals surface area contributed by atoms with E-state index < -0.39 is 0 Å². The van der Waals surface area contributed by atoms with Crippen LogP contribution < -0.4 is 10.1 Å². The molecule has 25 heavy (non-hydrogen) atoms. The zero-order valence-electron chi connectivity index (χ0n) is 14.8. The Morgan fingerprint density at radius 3 is 2.76 bits per heavy atom. The van der Waals surface area contributed by atoms with Gasteiger partial charge in [0.15, 0.2) is 0 Å². The Labute approximate surface area is 148 Å². The molecule has 2 atom stereocenters. The van der Waals surface area contributed by atoms with E-state index in [-0.39, 0.29) is 18.0 Å². The fourth-order valence-corrected chi connectivity index (χ4v) is 3.31. The summed E-state index contributed by atoms with van der Waals surface area (Å²) < 4.78 is 7.10. The van der Waals surface area contributed by atoms with E-state index in [1.165, 1.54) is 19.2 Å². The molecule has 0 unspecified atom stereocenters. The molecule has 2 aromatic rings. The molecule has 0 saturated carbocycles. The first-order valence-electron chi connectivity index (χ1n) is 8.69. The number of carbonyl (C=O) groups is 1. The number of rotatable bonds is 7. The van der Waals surface area contributed by atoms with Crippen LogP contribution in [0.3, 0.4) is 0 Å². The molecule has 7 heteroatoms. The minimum Gasteiger partial charge on any atom is -0.496 e. The summed E-state index contributed by atoms with van der Waals surface area (Å²) in [6, 6.07) is 7.74. The van der Waals surface area contributed by atoms with E-state index in [4.69, 9.17) is 4.74 Å². The number of methoxy groups -OCH3 is 1. The molecule has 1 amide bonds. The van der Waals surface area contributed by atoms with Crippen molar-refractivity contribution in [3.63, 3.8) is 0 Å². The number of nitrogens with one attached hydrogen (secondary N) is 1. The highest BCUT2D eigenvalue weighted by Gasteiger charge is 2.27. The van der Waals surface area contributed by atoms with Gasteiger partial charge in [0.05, 0.1) is 13.2 Å². The zero-order valence-corrected chi connectivity index (χ0v) is 14.8. The average Bonchev–Trinajstić information content (AvgIpc) is 3.35. The summed E-state index contributed by atoms with van der Waals surface area (Å²) in [6.07, 6.45) is 5.37. The third kappa shape index (κ3) is 3.99. The van der Waals surface area contributed by atoms with Gasteiger partial charge < -0.3 is 10.1 Å². The normalized spacial score (nSPS) is 17.2. The first-order valence-corrected chi connectivity index (χ1v) is 8.69. The van der Waals surface area contributed by atoms with Crippen LogP contribution in [0.2, 0.25) is 0 Å². The molecule has 3 rings (SSSR count). The van der Waals surface area contributed by atoms with Gasteiger partial charge in [0, 0.05) is 12.1 Å². The Kier molecular flexibility index (Phi) is 5.65. The highest BCUT2D eigenvalue weighted by molar-refractivity contribution is 5.79. The summed E-state index contributed by atoms with van der Waals surface area (Å²) in [7, 11) is 1.69. The number of nitrogens with zero attached hydrogens (tertiary/aromatic N) is 4. The molecule has 134 valence electrons. The third-order valence-electron chi connectivity index (χ3n) is 4.76. The maximum absolute atomic E-state index is 12.5. The van der Waals surface area contributed by atoms with E-state index >= 15 is 0 Å². The van der Waals surface area contributed by atoms with Gasteiger partial charge in [0.1, 0.15) is 24.4 Å². The number of ether oxygens (including phenoxy) is 1. The minimum atomic E-state index is -0.389. The molecule has 0 spiro atoms. The second-order valence-corrected chi connectivity index (χ2v) is 6.30. The lowest BCUT2D eigenvalue weighted by Gasteiger charge is -2.29. The van der Waals surface area contributed by atoms with Gasteiger partial charge in [-0.3, -0.25) is 9.69 Å². The predicted octanol–water partition coefficient (Wildman–Crippen LogP) is 1.80. The number of hydrogen-bond acceptors (Lipinski definition) is 5. The van der Waals surface area contributed by atoms with Crippen LogP contribution in [0.15, 0.2) is 36.9 Å². The Bertz CT molecular complexity index is 683. The summed E-state index contributed by atoms with van der Waals surface area (Å²) >= 11 is 0. The van der Waals surface area contributed by atoms with Crippen molar-refractivity contribution >= 4 is 5.91 Å². The Balaban J connectivity index is 1.73. The second-order valence-electron chi connectivity index (χ2n) is 6.30. The van der Waals surface area contributed by atoms with Gasteiger partial charge in [0.2, 0.25) is 5.91 Å². The van der Waals surface area contributed by atoms with Gasteiger partial charge in [-0.2, -0.15) is 5.10 Å². The lowest BCUT2D eigenvalue weighted by atomic mass is 10.0. The zero-order chi connectivity index (χ0) is 17.6. The van der Waals surface area contributed by atoms with Gasteiger partial charge in [-0.1, -0.05) is 18.2 Å². The molecule has 1 fully saturated rings. The Morgan fingerprint density at radius 1 is 1.32 bits per heavy atom. The summed E-state index contributed by atoms with van der Waals surface area (Å²) in [5.74, 6) is 0.794. The Hall–Kier alpha value is -2.41. The van der Waals surface area contributed by atoms with Gasteiger partial charge in [-0.25, -0.2) is 9.67 Å². The van der Waals surface area contributed by atoms with Crippen LogP contribution in [-0.2, 0) is 4.79 Å². The average molecular weight is 343 g/mol. The van der Waals surface area contributed by atoms with Crippen LogP contribution in [0, 0.1) is 0 Å². The predicted molar refractivity (Wildman–Crippen MR) is 94.3 cm³/mol. The maximum atomic E-state index is 12.5. The second kappa shape index (κ2) is 8.11. The summed E-state index contributed by atoms with van der Waals surface area (Å²) in [4.78, 5) is 18.8. The first kappa shape index (κ1) is 17.4. The number of carbonyl (C=O) groups excluding carboxylic acids is 1. The van der Waals surface area contributed by atoms with E-state index in [2.05, 4.69) is 26.4 Å². The van der Waals surface area contributed by atoms with E-state index in [1.54, 1.807) is 18.1 Å². The molecule has 0 aliphatic carbocycles. The fraction of sp³-hybridized carbons (Fsp3) is 0.500. The van der Waals surface area contributed by atoms with Crippen LogP contribution in [-0.4, -0.2) is 52.3 Å². The molecule has 1 N–H and O–H groups in total. The van der Waals surface area contributed by atoms with E-state index in [9.17, 15) is 4.79 Å². The van der Waals surface area contributed by atoms with Gasteiger partial charge in [-0.15, -0.1) is 0 Å². The monoisotopic (exact) mass is 343 g/mol. The topological polar surface area (TPSA) is 72.3 Å². The first-order chi connectivity index (χ1) is 12.2. The van der Waals surface area contributed by atoms with E-state index in [1.807, 2.05) is 25.1 Å². The van der Waals surface area contributed by atoms with Crippen LogP contribution in [0.1, 0.15) is 37.4 Å². The molecular formula is C18H25N5O2. The fourth-order valence-electron chi connectivity index (χ4n) is 3.31. The number of amides is 1. The van der Waals surface area contributed by atoms with Crippen molar-refractivity contribution in [2.45, 2.75) is 31.8 Å². The molecule has 1 saturated heterocycles. The van der Waals surface area contributed by atoms with Crippen molar-refractivity contribution < 1.29 is 9.53 Å². The van der Waals surface area contributed by atoms with E-state index in [0.29, 0.717) is 6.54 Å². The van der Waals surface area contributed by atoms with Crippen LogP contribution in [0.5, 0.6) is 5.75 Å². The van der Waals surface area contributed by atoms with Gasteiger partial charge >= 0.3 is 0 Å². The third-order valence-corrected chi connectivity index (χ3v) is 4.76. The highest BCUT2D eigenvalue weighted by Crippen LogP contribution is 2.31. The van der Waals surface area contributed by atoms with Gasteiger partial charge in [0.25, 0.3) is 0 Å². The summed E-state index contributed by atoms with van der Waals surface area (Å²) in [6.45, 7) is 4.44. The lowest BCUT2D eigenvalue weighted by Crippen LogP contribution is -2.39. The quantitative estimate of drug-likeness (QED) is 0.830. The van der Waals surface area contributed by atoms with Crippen molar-refractivity contribution in [2.24, 2.45) is 0 Å². The molecule has 0 radical (unpaired) electrons. The van der Waals surface area contributed by atoms with Gasteiger partial charge in [-0.05, 0) is 38.9 Å². The van der Waals surface area contributed by atoms with Crippen LogP contribution in [0.4, 0.5) is 0 Å². The molecule has 2 heterocycles. The molecule has 1 aromatic heterocycles. The number of para-hydroxylation sites is 1. The van der Waals surface area contributed by atoms with Crippen LogP contribution in [0.25, 0.3) is 0 Å². The standard InChI is InChI=1S/C18H25N5O2/c1-14(23-13-19-12-21-23)18(24)20-11-16(22-9-5-6-10-22)15-7-3-4-8-17(15)25-2/h3-4,7-8,12-14,16H,5-6,9-11H2,1-2H3,(H,20,24)/t14-,16+/m0/s1. The molecule has 7 nitrogen and oxygen atoms in total. The van der Waals surface area contributed by atoms with Crippen molar-refractivity contribution in [3.05, 3.63) is 42.5 Å². The Morgan fingerprint density at radius 2 is 2.08 bits per heavy atom. The molecule has 1 aromatic carbocycles. The van der Waals surface area contributed by atoms with Crippen molar-refractivity contribution in [2.75, 3.05) is 26.7 Å². The molecule has 0 bridgehead atoms. The molecule has 1 aliphatic heterocycles. The largest absolute Gasteiger partial charge is 0.496 e. The number of likely N-dealkylation sites (tertiary alicyclic amines) is 1. The number of aromatic nitrogens is 3. The lowest BCUT2D eigenvalue weighted by molar-refractivity contribution is -0.124. The smallest absolute Gasteiger partial charge is 0.244 e. The summed E-state index contributed by atoms with van der Waals surface area (Å²) in [5.41, 5.74) is 1.11.